The summed E-state index contributed by atoms with van der Waals surface area (Å²) in [6, 6.07) is 0.443. The van der Waals surface area contributed by atoms with E-state index in [0.717, 1.165) is 23.1 Å². The van der Waals surface area contributed by atoms with Crippen molar-refractivity contribution in [3.8, 4) is 0 Å². The first-order valence-electron chi connectivity index (χ1n) is 7.20. The van der Waals surface area contributed by atoms with Gasteiger partial charge in [0, 0.05) is 11.6 Å². The highest BCUT2D eigenvalue weighted by Crippen LogP contribution is 2.29. The monoisotopic (exact) mass is 263 g/mol. The first-order valence-corrected chi connectivity index (χ1v) is 7.20. The normalized spacial score (nSPS) is 18.1. The molecule has 1 aliphatic rings. The molecule has 5 nitrogen and oxygen atoms in total. The molecule has 19 heavy (non-hydrogen) atoms. The molecule has 1 heterocycles. The van der Waals surface area contributed by atoms with Gasteiger partial charge in [-0.2, -0.15) is 0 Å². The molecular weight excluding hydrogens is 238 g/mol. The van der Waals surface area contributed by atoms with Crippen LogP contribution >= 0.6 is 0 Å². The zero-order chi connectivity index (χ0) is 13.8. The number of anilines is 2. The minimum atomic E-state index is 0.443. The van der Waals surface area contributed by atoms with Gasteiger partial charge in [0.2, 0.25) is 0 Å². The molecule has 1 aromatic rings. The fourth-order valence-electron chi connectivity index (χ4n) is 2.88. The third-order valence-electron chi connectivity index (χ3n) is 4.12. The van der Waals surface area contributed by atoms with E-state index in [1.807, 2.05) is 13.8 Å². The van der Waals surface area contributed by atoms with Crippen molar-refractivity contribution in [2.24, 2.45) is 11.8 Å². The average molecular weight is 263 g/mol. The Morgan fingerprint density at radius 2 is 1.74 bits per heavy atom. The fourth-order valence-corrected chi connectivity index (χ4v) is 2.88. The van der Waals surface area contributed by atoms with Gasteiger partial charge in [-0.05, 0) is 39.5 Å². The SMILES string of the molecule is Cc1nc(NN)c(C)c(NC(C)C2CCCCC2)n1. The predicted molar refractivity (Wildman–Crippen MR) is 79.0 cm³/mol. The molecule has 106 valence electrons. The Morgan fingerprint density at radius 3 is 2.37 bits per heavy atom. The van der Waals surface area contributed by atoms with Gasteiger partial charge < -0.3 is 10.7 Å². The van der Waals surface area contributed by atoms with Crippen LogP contribution in [-0.4, -0.2) is 16.0 Å². The number of nitrogens with one attached hydrogen (secondary N) is 2. The maximum Gasteiger partial charge on any atom is 0.148 e. The maximum atomic E-state index is 5.49. The van der Waals surface area contributed by atoms with Gasteiger partial charge in [-0.25, -0.2) is 15.8 Å². The van der Waals surface area contributed by atoms with E-state index in [4.69, 9.17) is 5.84 Å². The molecule has 0 aliphatic heterocycles. The van der Waals surface area contributed by atoms with Crippen LogP contribution in [0.15, 0.2) is 0 Å². The molecule has 0 amide bonds. The number of hydrogen-bond donors (Lipinski definition) is 3. The number of nitrogens with two attached hydrogens (primary N) is 1. The zero-order valence-corrected chi connectivity index (χ0v) is 12.2. The van der Waals surface area contributed by atoms with Crippen molar-refractivity contribution in [3.63, 3.8) is 0 Å². The molecular formula is C14H25N5. The fraction of sp³-hybridized carbons (Fsp3) is 0.714. The van der Waals surface area contributed by atoms with Gasteiger partial charge in [0.1, 0.15) is 17.5 Å². The van der Waals surface area contributed by atoms with Crippen molar-refractivity contribution in [2.75, 3.05) is 10.7 Å². The molecule has 0 saturated heterocycles. The van der Waals surface area contributed by atoms with Crippen molar-refractivity contribution in [3.05, 3.63) is 11.4 Å². The van der Waals surface area contributed by atoms with E-state index in [9.17, 15) is 0 Å². The largest absolute Gasteiger partial charge is 0.367 e. The summed E-state index contributed by atoms with van der Waals surface area (Å²) < 4.78 is 0. The van der Waals surface area contributed by atoms with Gasteiger partial charge >= 0.3 is 0 Å². The Bertz CT molecular complexity index is 426. The topological polar surface area (TPSA) is 75.9 Å². The van der Waals surface area contributed by atoms with Gasteiger partial charge in [0.25, 0.3) is 0 Å². The van der Waals surface area contributed by atoms with Crippen LogP contribution in [0.1, 0.15) is 50.4 Å². The molecule has 1 aromatic heterocycles. The van der Waals surface area contributed by atoms with E-state index >= 15 is 0 Å². The minimum absolute atomic E-state index is 0.443. The molecule has 4 N–H and O–H groups in total. The lowest BCUT2D eigenvalue weighted by Crippen LogP contribution is -2.29. The molecule has 1 saturated carbocycles. The Kier molecular flexibility index (Phi) is 4.58. The lowest BCUT2D eigenvalue weighted by atomic mass is 9.84. The Morgan fingerprint density at radius 1 is 1.11 bits per heavy atom. The Balaban J connectivity index is 2.11. The quantitative estimate of drug-likeness (QED) is 0.575. The van der Waals surface area contributed by atoms with Crippen molar-refractivity contribution in [2.45, 2.75) is 58.9 Å². The third kappa shape index (κ3) is 3.35. The van der Waals surface area contributed by atoms with E-state index in [0.29, 0.717) is 11.9 Å². The average Bonchev–Trinajstić information content (AvgIpc) is 2.43. The third-order valence-corrected chi connectivity index (χ3v) is 4.12. The van der Waals surface area contributed by atoms with Crippen molar-refractivity contribution < 1.29 is 0 Å². The van der Waals surface area contributed by atoms with Crippen LogP contribution in [0.3, 0.4) is 0 Å². The molecule has 0 bridgehead atoms. The standard InChI is InChI=1S/C14H25N5/c1-9-13(17-11(3)18-14(9)19-15)16-10(2)12-7-5-4-6-8-12/h10,12H,4-8,15H2,1-3H3,(H2,16,17,18,19). The van der Waals surface area contributed by atoms with Crippen molar-refractivity contribution in [1.29, 1.82) is 0 Å². The number of rotatable bonds is 4. The molecule has 0 aromatic carbocycles. The highest BCUT2D eigenvalue weighted by Gasteiger charge is 2.21. The first-order chi connectivity index (χ1) is 9.11. The van der Waals surface area contributed by atoms with Gasteiger partial charge in [0.05, 0.1) is 0 Å². The minimum Gasteiger partial charge on any atom is -0.367 e. The maximum absolute atomic E-state index is 5.49. The smallest absolute Gasteiger partial charge is 0.148 e. The second-order valence-corrected chi connectivity index (χ2v) is 5.57. The first kappa shape index (κ1) is 14.1. The molecule has 1 atom stereocenters. The van der Waals surface area contributed by atoms with Gasteiger partial charge in [-0.1, -0.05) is 19.3 Å². The van der Waals surface area contributed by atoms with Crippen LogP contribution in [0.2, 0.25) is 0 Å². The van der Waals surface area contributed by atoms with E-state index in [-0.39, 0.29) is 0 Å². The van der Waals surface area contributed by atoms with Gasteiger partial charge in [0.15, 0.2) is 0 Å². The number of nitrogens with zero attached hydrogens (tertiary/aromatic N) is 2. The van der Waals surface area contributed by atoms with E-state index in [1.165, 1.54) is 32.1 Å². The van der Waals surface area contributed by atoms with E-state index in [2.05, 4.69) is 27.6 Å². The van der Waals surface area contributed by atoms with E-state index in [1.54, 1.807) is 0 Å². The Labute approximate surface area is 115 Å². The van der Waals surface area contributed by atoms with Crippen LogP contribution in [0, 0.1) is 19.8 Å². The zero-order valence-electron chi connectivity index (χ0n) is 12.2. The molecule has 2 rings (SSSR count). The molecule has 1 unspecified atom stereocenters. The van der Waals surface area contributed by atoms with Crippen LogP contribution in [0.4, 0.5) is 11.6 Å². The summed E-state index contributed by atoms with van der Waals surface area (Å²) in [7, 11) is 0. The van der Waals surface area contributed by atoms with Crippen LogP contribution in [0.25, 0.3) is 0 Å². The molecule has 5 heteroatoms. The van der Waals surface area contributed by atoms with Crippen molar-refractivity contribution >= 4 is 11.6 Å². The summed E-state index contributed by atoms with van der Waals surface area (Å²) in [5.41, 5.74) is 3.62. The lowest BCUT2D eigenvalue weighted by molar-refractivity contribution is 0.328. The summed E-state index contributed by atoms with van der Waals surface area (Å²) in [5.74, 6) is 8.58. The molecule has 0 radical (unpaired) electrons. The van der Waals surface area contributed by atoms with Crippen LogP contribution in [-0.2, 0) is 0 Å². The highest BCUT2D eigenvalue weighted by atomic mass is 15.3. The summed E-state index contributed by atoms with van der Waals surface area (Å²) in [4.78, 5) is 8.78. The molecule has 1 aliphatic carbocycles. The highest BCUT2D eigenvalue weighted by molar-refractivity contribution is 5.57. The summed E-state index contributed by atoms with van der Waals surface area (Å²) in [6.45, 7) is 6.13. The van der Waals surface area contributed by atoms with Crippen LogP contribution < -0.4 is 16.6 Å². The van der Waals surface area contributed by atoms with Crippen LogP contribution in [0.5, 0.6) is 0 Å². The summed E-state index contributed by atoms with van der Waals surface area (Å²) in [6.07, 6.45) is 6.73. The predicted octanol–water partition coefficient (Wildman–Crippen LogP) is 2.76. The lowest BCUT2D eigenvalue weighted by Gasteiger charge is -2.29. The molecule has 1 fully saturated rings. The number of aromatic nitrogens is 2. The number of hydrazine groups is 1. The van der Waals surface area contributed by atoms with Crippen molar-refractivity contribution in [1.82, 2.24) is 9.97 Å². The second-order valence-electron chi connectivity index (χ2n) is 5.57. The van der Waals surface area contributed by atoms with E-state index < -0.39 is 0 Å². The van der Waals surface area contributed by atoms with Gasteiger partial charge in [-0.15, -0.1) is 0 Å². The summed E-state index contributed by atoms with van der Waals surface area (Å²) in [5, 5.41) is 3.55. The van der Waals surface area contributed by atoms with Gasteiger partial charge in [-0.3, -0.25) is 0 Å². The number of aryl methyl sites for hydroxylation is 1. The second kappa shape index (κ2) is 6.19. The summed E-state index contributed by atoms with van der Waals surface area (Å²) >= 11 is 0. The number of hydrogen-bond acceptors (Lipinski definition) is 5. The number of nitrogen functional groups attached to an aromatic ring is 1. The Hall–Kier alpha value is -1.36. The molecule has 0 spiro atoms.